The molecule has 0 amide bonds. The summed E-state index contributed by atoms with van der Waals surface area (Å²) in [6, 6.07) is 0. The van der Waals surface area contributed by atoms with Crippen LogP contribution in [0.15, 0.2) is 0 Å². The van der Waals surface area contributed by atoms with E-state index in [4.69, 9.17) is 51.5 Å². The number of aliphatic hydroxyl groups excluding tert-OH is 1. The lowest BCUT2D eigenvalue weighted by Gasteiger charge is -1.91. The molecule has 0 spiro atoms. The van der Waals surface area contributed by atoms with Crippen LogP contribution in [0.4, 0.5) is 0 Å². The molecular weight excluding hydrogens is 218 g/mol. The van der Waals surface area contributed by atoms with E-state index in [1.54, 1.807) is 0 Å². The fraction of sp³-hybridized carbons (Fsp3) is 1.00. The summed E-state index contributed by atoms with van der Waals surface area (Å²) in [4.78, 5) is 0. The van der Waals surface area contributed by atoms with Crippen molar-refractivity contribution in [3.8, 4) is 0 Å². The summed E-state index contributed by atoms with van der Waals surface area (Å²) < 4.78 is -1.61. The minimum atomic E-state index is -1.61. The van der Waals surface area contributed by atoms with E-state index in [0.29, 0.717) is 6.61 Å². The molecule has 64 valence electrons. The molecule has 0 aromatic rings. The average molecular weight is 228 g/mol. The first kappa shape index (κ1) is 13.7. The Bertz CT molecular complexity index is 53.2. The Kier molecular flexibility index (Phi) is 11.3. The average Bonchev–Trinajstić information content (AvgIpc) is 1.63. The molecule has 0 aromatic heterocycles. The van der Waals surface area contributed by atoms with Gasteiger partial charge in [-0.2, -0.15) is 0 Å². The number of aliphatic hydroxyl groups is 1. The molecule has 10 heavy (non-hydrogen) atoms. The van der Waals surface area contributed by atoms with Crippen LogP contribution in [0, 0.1) is 0 Å². The highest BCUT2D eigenvalue weighted by Crippen LogP contribution is 2.29. The van der Waals surface area contributed by atoms with Gasteiger partial charge in [0.25, 0.3) is 3.25 Å². The van der Waals surface area contributed by atoms with E-state index in [1.807, 2.05) is 0 Å². The molecule has 0 aromatic carbocycles. The first-order valence-corrected chi connectivity index (χ1v) is 4.29. The van der Waals surface area contributed by atoms with Crippen molar-refractivity contribution in [2.24, 2.45) is 0 Å². The first-order valence-electron chi connectivity index (χ1n) is 2.78. The van der Waals surface area contributed by atoms with Crippen molar-refractivity contribution in [2.45, 2.75) is 23.0 Å². The quantitative estimate of drug-likeness (QED) is 0.718. The molecular formula is C5H10Cl4O. The summed E-state index contributed by atoms with van der Waals surface area (Å²) in [5.41, 5.74) is 0. The summed E-state index contributed by atoms with van der Waals surface area (Å²) in [6.07, 6.45) is 2.04. The van der Waals surface area contributed by atoms with Gasteiger partial charge in [-0.3, -0.25) is 0 Å². The van der Waals surface area contributed by atoms with E-state index >= 15 is 0 Å². The van der Waals surface area contributed by atoms with Gasteiger partial charge in [0.2, 0.25) is 0 Å². The Morgan fingerprint density at radius 1 is 1.20 bits per heavy atom. The predicted octanol–water partition coefficient (Wildman–Crippen LogP) is 3.33. The molecule has 0 aliphatic heterocycles. The van der Waals surface area contributed by atoms with Gasteiger partial charge < -0.3 is 5.11 Å². The largest absolute Gasteiger partial charge is 0.396 e. The lowest BCUT2D eigenvalue weighted by Crippen LogP contribution is -1.81. The molecule has 0 fully saturated rings. The zero-order chi connectivity index (χ0) is 8.62. The zero-order valence-electron chi connectivity index (χ0n) is 5.58. The summed E-state index contributed by atoms with van der Waals surface area (Å²) >= 11 is 19.3. The van der Waals surface area contributed by atoms with E-state index < -0.39 is 3.25 Å². The van der Waals surface area contributed by atoms with E-state index in [0.717, 1.165) is 12.8 Å². The normalized spacial score (nSPS) is 10.2. The van der Waals surface area contributed by atoms with E-state index in [-0.39, 0.29) is 0 Å². The van der Waals surface area contributed by atoms with Crippen LogP contribution in [0.3, 0.4) is 0 Å². The van der Waals surface area contributed by atoms with Crippen molar-refractivity contribution in [3.05, 3.63) is 0 Å². The smallest absolute Gasteiger partial charge is 0.266 e. The third-order valence-electron chi connectivity index (χ3n) is 0.512. The molecule has 0 unspecified atom stereocenters. The van der Waals surface area contributed by atoms with Crippen molar-refractivity contribution >= 4 is 46.4 Å². The SMILES string of the molecule is CCCCO.ClC(Cl)(Cl)Cl. The van der Waals surface area contributed by atoms with Gasteiger partial charge in [0.1, 0.15) is 0 Å². The van der Waals surface area contributed by atoms with Crippen LogP contribution in [0.25, 0.3) is 0 Å². The second-order valence-electron chi connectivity index (χ2n) is 1.51. The van der Waals surface area contributed by atoms with Crippen LogP contribution in [-0.4, -0.2) is 15.0 Å². The standard InChI is InChI=1S/C4H10O.CCl4/c1-2-3-4-5;2-1(3,4)5/h5H,2-4H2,1H3;. The Morgan fingerprint density at radius 2 is 1.50 bits per heavy atom. The Morgan fingerprint density at radius 3 is 1.50 bits per heavy atom. The monoisotopic (exact) mass is 226 g/mol. The number of alkyl halides is 4. The van der Waals surface area contributed by atoms with Gasteiger partial charge in [0.15, 0.2) is 0 Å². The van der Waals surface area contributed by atoms with Crippen molar-refractivity contribution in [2.75, 3.05) is 6.61 Å². The maximum Gasteiger partial charge on any atom is 0.266 e. The van der Waals surface area contributed by atoms with Crippen molar-refractivity contribution in [1.82, 2.24) is 0 Å². The van der Waals surface area contributed by atoms with Crippen LogP contribution in [0.1, 0.15) is 19.8 Å². The molecule has 0 saturated carbocycles. The number of hydrogen-bond donors (Lipinski definition) is 1. The maximum atomic E-state index is 8.07. The molecule has 1 nitrogen and oxygen atoms in total. The third-order valence-corrected chi connectivity index (χ3v) is 0.512. The molecule has 5 heteroatoms. The fourth-order valence-corrected chi connectivity index (χ4v) is 0.158. The van der Waals surface area contributed by atoms with Gasteiger partial charge in [-0.05, 0) is 6.42 Å². The van der Waals surface area contributed by atoms with Gasteiger partial charge in [0, 0.05) is 6.61 Å². The molecule has 0 bridgehead atoms. The topological polar surface area (TPSA) is 20.2 Å². The van der Waals surface area contributed by atoms with Crippen molar-refractivity contribution in [1.29, 1.82) is 0 Å². The Balaban J connectivity index is 0. The van der Waals surface area contributed by atoms with Gasteiger partial charge in [0.05, 0.1) is 0 Å². The highest BCUT2D eigenvalue weighted by Gasteiger charge is 2.11. The lowest BCUT2D eigenvalue weighted by atomic mass is 10.4. The number of rotatable bonds is 2. The van der Waals surface area contributed by atoms with Gasteiger partial charge in [-0.25, -0.2) is 0 Å². The lowest BCUT2D eigenvalue weighted by molar-refractivity contribution is 0.287. The zero-order valence-corrected chi connectivity index (χ0v) is 8.60. The molecule has 0 radical (unpaired) electrons. The minimum Gasteiger partial charge on any atom is -0.396 e. The fourth-order valence-electron chi connectivity index (χ4n) is 0.158. The van der Waals surface area contributed by atoms with E-state index in [2.05, 4.69) is 6.92 Å². The van der Waals surface area contributed by atoms with Crippen LogP contribution in [-0.2, 0) is 0 Å². The van der Waals surface area contributed by atoms with Crippen LogP contribution in [0.2, 0.25) is 0 Å². The molecule has 0 heterocycles. The number of hydrogen-bond acceptors (Lipinski definition) is 1. The number of halogens is 4. The highest BCUT2D eigenvalue weighted by molar-refractivity contribution is 6.83. The Hall–Kier alpha value is 1.12. The molecule has 1 N–H and O–H groups in total. The minimum absolute atomic E-state index is 0.344. The highest BCUT2D eigenvalue weighted by atomic mass is 35.6. The van der Waals surface area contributed by atoms with Crippen molar-refractivity contribution < 1.29 is 5.11 Å². The molecule has 0 aliphatic rings. The van der Waals surface area contributed by atoms with Crippen LogP contribution < -0.4 is 0 Å². The predicted molar refractivity (Wildman–Crippen MR) is 48.1 cm³/mol. The Labute approximate surface area is 81.2 Å². The second kappa shape index (κ2) is 8.22. The van der Waals surface area contributed by atoms with Crippen LogP contribution >= 0.6 is 46.4 Å². The summed E-state index contributed by atoms with van der Waals surface area (Å²) in [7, 11) is 0. The molecule has 0 atom stereocenters. The van der Waals surface area contributed by atoms with Gasteiger partial charge >= 0.3 is 0 Å². The molecule has 0 rings (SSSR count). The van der Waals surface area contributed by atoms with Gasteiger partial charge in [-0.15, -0.1) is 0 Å². The maximum absolute atomic E-state index is 8.07. The number of unbranched alkanes of at least 4 members (excludes halogenated alkanes) is 1. The molecule has 0 aliphatic carbocycles. The van der Waals surface area contributed by atoms with Crippen LogP contribution in [0.5, 0.6) is 0 Å². The molecule has 0 saturated heterocycles. The summed E-state index contributed by atoms with van der Waals surface area (Å²) in [5.74, 6) is 0. The summed E-state index contributed by atoms with van der Waals surface area (Å²) in [5, 5.41) is 8.07. The van der Waals surface area contributed by atoms with Gasteiger partial charge in [-0.1, -0.05) is 59.7 Å². The van der Waals surface area contributed by atoms with E-state index in [1.165, 1.54) is 0 Å². The third kappa shape index (κ3) is 61.8. The second-order valence-corrected chi connectivity index (χ2v) is 4.93. The van der Waals surface area contributed by atoms with Crippen molar-refractivity contribution in [3.63, 3.8) is 0 Å². The van der Waals surface area contributed by atoms with E-state index in [9.17, 15) is 0 Å². The summed E-state index contributed by atoms with van der Waals surface area (Å²) in [6.45, 7) is 2.40. The first-order chi connectivity index (χ1) is 4.41.